The number of hydrogen-bond acceptors (Lipinski definition) is 10. The monoisotopic (exact) mass is 1130 g/mol. The van der Waals surface area contributed by atoms with Crippen LogP contribution in [0.1, 0.15) is 328 Å². The van der Waals surface area contributed by atoms with E-state index in [4.69, 9.17) is 14.2 Å². The molecule has 0 bridgehead atoms. The number of hydrogen-bond donors (Lipinski definition) is 6. The molecule has 6 N–H and O–H groups in total. The Morgan fingerprint density at radius 2 is 0.838 bits per heavy atom. The van der Waals surface area contributed by atoms with E-state index >= 15 is 0 Å². The van der Waals surface area contributed by atoms with Crippen LogP contribution in [0.2, 0.25) is 0 Å². The molecule has 0 aromatic heterocycles. The Morgan fingerprint density at radius 1 is 0.463 bits per heavy atom. The molecular formula is C69H129NO10. The van der Waals surface area contributed by atoms with Crippen molar-refractivity contribution in [2.24, 2.45) is 0 Å². The van der Waals surface area contributed by atoms with Gasteiger partial charge in [0.2, 0.25) is 5.91 Å². The van der Waals surface area contributed by atoms with Gasteiger partial charge in [0.25, 0.3) is 0 Å². The fourth-order valence-corrected chi connectivity index (χ4v) is 10.8. The number of allylic oxidation sites excluding steroid dienone is 5. The number of aliphatic hydroxyl groups excluding tert-OH is 5. The number of aliphatic hydroxyl groups is 5. The van der Waals surface area contributed by atoms with Crippen LogP contribution < -0.4 is 5.32 Å². The molecular weight excluding hydrogens is 1000 g/mol. The van der Waals surface area contributed by atoms with E-state index in [9.17, 15) is 35.1 Å². The van der Waals surface area contributed by atoms with Gasteiger partial charge in [-0.2, -0.15) is 0 Å². The maximum absolute atomic E-state index is 13.0. The maximum atomic E-state index is 13.0. The standard InChI is InChI=1S/C69H129NO10/c1-3-5-7-9-11-13-14-15-16-31-34-37-41-45-49-53-57-65(74)78-58-54-50-46-42-38-35-32-29-27-25-23-21-19-17-18-20-22-24-26-28-30-33-36-40-44-48-52-56-64(73)70-61(62(72)55-51-47-43-39-12-10-8-6-4-2)60-79-69-68(77)67(76)66(75)63(59-71)80-69/h13-14,16,31,51,55,61-63,66-69,71-72,75-77H,3-12,15,17-30,32-50,52-54,56-60H2,1-2H3,(H,70,73)/b14-13-,31-16-,55-51+. The fourth-order valence-electron chi connectivity index (χ4n) is 10.8. The van der Waals surface area contributed by atoms with Crippen LogP contribution in [0.25, 0.3) is 0 Å². The van der Waals surface area contributed by atoms with Crippen molar-refractivity contribution in [1.82, 2.24) is 5.32 Å². The number of rotatable bonds is 60. The second-order valence-electron chi connectivity index (χ2n) is 23.9. The number of ether oxygens (including phenoxy) is 3. The van der Waals surface area contributed by atoms with E-state index < -0.39 is 49.5 Å². The van der Waals surface area contributed by atoms with Crippen LogP contribution in [0, 0.1) is 0 Å². The van der Waals surface area contributed by atoms with E-state index in [1.165, 1.54) is 238 Å². The third-order valence-electron chi connectivity index (χ3n) is 16.2. The molecule has 1 aliphatic heterocycles. The van der Waals surface area contributed by atoms with Crippen molar-refractivity contribution < 1.29 is 49.3 Å². The van der Waals surface area contributed by atoms with Gasteiger partial charge in [-0.15, -0.1) is 0 Å². The zero-order chi connectivity index (χ0) is 58.0. The van der Waals surface area contributed by atoms with Crippen molar-refractivity contribution in [3.63, 3.8) is 0 Å². The average molecular weight is 1130 g/mol. The summed E-state index contributed by atoms with van der Waals surface area (Å²) >= 11 is 0. The van der Waals surface area contributed by atoms with Crippen molar-refractivity contribution in [3.8, 4) is 0 Å². The average Bonchev–Trinajstić information content (AvgIpc) is 3.50. The van der Waals surface area contributed by atoms with Crippen LogP contribution in [0.15, 0.2) is 36.5 Å². The molecule has 0 aromatic carbocycles. The summed E-state index contributed by atoms with van der Waals surface area (Å²) in [5.41, 5.74) is 0. The first-order chi connectivity index (χ1) is 39.2. The van der Waals surface area contributed by atoms with Gasteiger partial charge in [-0.25, -0.2) is 0 Å². The first-order valence-corrected chi connectivity index (χ1v) is 34.3. The SMILES string of the molecule is CCCCCC/C=C\C/C=C\CCCCCCCC(=O)OCCCCCCCCCCCCCCCCCCCCCCCCCCCCCC(=O)NC(COC1OC(CO)C(O)C(O)C1O)C(O)/C=C/CCCCCCCCC. The van der Waals surface area contributed by atoms with E-state index in [-0.39, 0.29) is 18.5 Å². The molecule has 7 unspecified atom stereocenters. The number of carbonyl (C=O) groups excluding carboxylic acids is 2. The lowest BCUT2D eigenvalue weighted by Crippen LogP contribution is -2.60. The van der Waals surface area contributed by atoms with Crippen LogP contribution in [-0.4, -0.2) is 100 Å². The second kappa shape index (κ2) is 58.6. The zero-order valence-electron chi connectivity index (χ0n) is 52.1. The molecule has 1 saturated heterocycles. The van der Waals surface area contributed by atoms with Crippen molar-refractivity contribution in [3.05, 3.63) is 36.5 Å². The summed E-state index contributed by atoms with van der Waals surface area (Å²) in [5.74, 6) is -0.185. The molecule has 0 spiro atoms. The van der Waals surface area contributed by atoms with Gasteiger partial charge in [0.05, 0.1) is 32.0 Å². The van der Waals surface area contributed by atoms with Gasteiger partial charge in [0.1, 0.15) is 24.4 Å². The second-order valence-corrected chi connectivity index (χ2v) is 23.9. The minimum atomic E-state index is -1.57. The lowest BCUT2D eigenvalue weighted by molar-refractivity contribution is -0.302. The van der Waals surface area contributed by atoms with Crippen LogP contribution in [0.5, 0.6) is 0 Å². The molecule has 1 heterocycles. The van der Waals surface area contributed by atoms with Gasteiger partial charge in [-0.3, -0.25) is 9.59 Å². The Bertz CT molecular complexity index is 1420. The number of amides is 1. The van der Waals surface area contributed by atoms with Gasteiger partial charge in [0.15, 0.2) is 6.29 Å². The van der Waals surface area contributed by atoms with Gasteiger partial charge in [-0.05, 0) is 64.2 Å². The Labute approximate surface area is 492 Å². The minimum Gasteiger partial charge on any atom is -0.466 e. The summed E-state index contributed by atoms with van der Waals surface area (Å²) in [6.45, 7) is 4.32. The quantitative estimate of drug-likeness (QED) is 0.0195. The fraction of sp³-hybridized carbons (Fsp3) is 0.884. The van der Waals surface area contributed by atoms with Crippen molar-refractivity contribution in [2.75, 3.05) is 19.8 Å². The number of esters is 1. The summed E-state index contributed by atoms with van der Waals surface area (Å²) in [7, 11) is 0. The Balaban J connectivity index is 1.92. The first kappa shape index (κ1) is 75.9. The normalized spacial score (nSPS) is 18.5. The summed E-state index contributed by atoms with van der Waals surface area (Å²) in [4.78, 5) is 25.1. The predicted octanol–water partition coefficient (Wildman–Crippen LogP) is 17.0. The highest BCUT2D eigenvalue weighted by Crippen LogP contribution is 2.23. The van der Waals surface area contributed by atoms with Gasteiger partial charge >= 0.3 is 5.97 Å². The zero-order valence-corrected chi connectivity index (χ0v) is 52.1. The Morgan fingerprint density at radius 3 is 1.27 bits per heavy atom. The van der Waals surface area contributed by atoms with E-state index in [1.54, 1.807) is 6.08 Å². The molecule has 7 atom stereocenters. The summed E-state index contributed by atoms with van der Waals surface area (Å²) in [5, 5.41) is 54.3. The maximum Gasteiger partial charge on any atom is 0.305 e. The van der Waals surface area contributed by atoms with Crippen LogP contribution >= 0.6 is 0 Å². The Hall–Kier alpha value is -2.12. The lowest BCUT2D eigenvalue weighted by atomic mass is 9.99. The van der Waals surface area contributed by atoms with Crippen LogP contribution in [-0.2, 0) is 23.8 Å². The molecule has 1 aliphatic rings. The smallest absolute Gasteiger partial charge is 0.305 e. The Kier molecular flexibility index (Phi) is 55.6. The molecule has 0 radical (unpaired) electrons. The van der Waals surface area contributed by atoms with Crippen molar-refractivity contribution in [1.29, 1.82) is 0 Å². The number of nitrogens with one attached hydrogen (secondary N) is 1. The molecule has 11 heteroatoms. The van der Waals surface area contributed by atoms with Crippen molar-refractivity contribution in [2.45, 2.75) is 371 Å². The highest BCUT2D eigenvalue weighted by Gasteiger charge is 2.44. The number of carbonyl (C=O) groups is 2. The molecule has 1 amide bonds. The van der Waals surface area contributed by atoms with Crippen molar-refractivity contribution >= 4 is 11.9 Å². The molecule has 0 aromatic rings. The van der Waals surface area contributed by atoms with Gasteiger partial charge < -0.3 is 45.1 Å². The predicted molar refractivity (Wildman–Crippen MR) is 334 cm³/mol. The largest absolute Gasteiger partial charge is 0.466 e. The lowest BCUT2D eigenvalue weighted by Gasteiger charge is -2.40. The molecule has 11 nitrogen and oxygen atoms in total. The van der Waals surface area contributed by atoms with E-state index in [0.29, 0.717) is 19.4 Å². The highest BCUT2D eigenvalue weighted by molar-refractivity contribution is 5.76. The summed E-state index contributed by atoms with van der Waals surface area (Å²) < 4.78 is 16.7. The van der Waals surface area contributed by atoms with E-state index in [0.717, 1.165) is 64.2 Å². The van der Waals surface area contributed by atoms with Gasteiger partial charge in [-0.1, -0.05) is 288 Å². The topological polar surface area (TPSA) is 175 Å². The summed E-state index contributed by atoms with van der Waals surface area (Å²) in [6, 6.07) is -0.806. The van der Waals surface area contributed by atoms with Crippen LogP contribution in [0.3, 0.4) is 0 Å². The molecule has 1 fully saturated rings. The minimum absolute atomic E-state index is 0.00487. The molecule has 470 valence electrons. The molecule has 0 aliphatic carbocycles. The molecule has 1 rings (SSSR count). The summed E-state index contributed by atoms with van der Waals surface area (Å²) in [6.07, 6.45) is 64.3. The molecule has 80 heavy (non-hydrogen) atoms. The van der Waals surface area contributed by atoms with Crippen LogP contribution in [0.4, 0.5) is 0 Å². The van der Waals surface area contributed by atoms with E-state index in [2.05, 4.69) is 43.5 Å². The third-order valence-corrected chi connectivity index (χ3v) is 16.2. The first-order valence-electron chi connectivity index (χ1n) is 34.3. The third kappa shape index (κ3) is 47.3. The highest BCUT2D eigenvalue weighted by atomic mass is 16.7. The van der Waals surface area contributed by atoms with Gasteiger partial charge in [0, 0.05) is 12.8 Å². The molecule has 0 saturated carbocycles. The van der Waals surface area contributed by atoms with E-state index in [1.807, 2.05) is 6.08 Å². The number of unbranched alkanes of at least 4 members (excludes halogenated alkanes) is 42.